The third kappa shape index (κ3) is 5.15. The van der Waals surface area contributed by atoms with Gasteiger partial charge in [0.2, 0.25) is 0 Å². The van der Waals surface area contributed by atoms with Crippen LogP contribution >= 0.6 is 0 Å². The summed E-state index contributed by atoms with van der Waals surface area (Å²) in [7, 11) is 1.81. The average molecular weight is 439 g/mol. The van der Waals surface area contributed by atoms with E-state index >= 15 is 0 Å². The van der Waals surface area contributed by atoms with Crippen LogP contribution in [-0.4, -0.2) is 48.1 Å². The Morgan fingerprint density at radius 1 is 1.22 bits per heavy atom. The van der Waals surface area contributed by atoms with Crippen LogP contribution in [0, 0.1) is 0 Å². The molecule has 8 heteroatoms. The molecule has 2 heterocycles. The number of halogens is 1. The maximum atomic E-state index is 15.0. The predicted octanol–water partition coefficient (Wildman–Crippen LogP) is 3.77. The van der Waals surface area contributed by atoms with Crippen molar-refractivity contribution < 1.29 is 18.7 Å². The lowest BCUT2D eigenvalue weighted by molar-refractivity contribution is 0.0770. The number of hydrogen-bond donors (Lipinski definition) is 1. The molecule has 3 aromatic rings. The maximum absolute atomic E-state index is 15.0. The van der Waals surface area contributed by atoms with Crippen LogP contribution in [0.4, 0.5) is 10.2 Å². The van der Waals surface area contributed by atoms with Crippen LogP contribution in [0.2, 0.25) is 0 Å². The Morgan fingerprint density at radius 3 is 2.72 bits per heavy atom. The van der Waals surface area contributed by atoms with Gasteiger partial charge in [-0.05, 0) is 49.2 Å². The number of ether oxygens (including phenoxy) is 2. The van der Waals surface area contributed by atoms with Crippen molar-refractivity contribution in [3.8, 4) is 17.0 Å². The van der Waals surface area contributed by atoms with Gasteiger partial charge in [-0.15, -0.1) is 5.12 Å². The molecule has 0 bridgehead atoms. The van der Waals surface area contributed by atoms with E-state index in [1.807, 2.05) is 6.07 Å². The van der Waals surface area contributed by atoms with E-state index in [1.54, 1.807) is 66.5 Å². The number of amides is 1. The molecule has 1 aliphatic heterocycles. The first-order chi connectivity index (χ1) is 15.6. The van der Waals surface area contributed by atoms with E-state index in [9.17, 15) is 9.28 Å². The fourth-order valence-corrected chi connectivity index (χ4v) is 3.74. The molecule has 168 valence electrons. The number of hydrogen-bond acceptors (Lipinski definition) is 5. The third-order valence-electron chi connectivity index (χ3n) is 5.50. The van der Waals surface area contributed by atoms with Gasteiger partial charge in [0, 0.05) is 50.2 Å². The van der Waals surface area contributed by atoms with Gasteiger partial charge in [0.05, 0.1) is 11.4 Å². The highest BCUT2D eigenvalue weighted by molar-refractivity contribution is 6.04. The average Bonchev–Trinajstić information content (AvgIpc) is 3.27. The van der Waals surface area contributed by atoms with E-state index in [-0.39, 0.29) is 16.4 Å². The molecular formula is C24H27FN4O3. The van der Waals surface area contributed by atoms with Gasteiger partial charge in [0.25, 0.3) is 5.91 Å². The first kappa shape index (κ1) is 22.0. The number of aryl methyl sites for hydroxylation is 1. The number of carbonyl (C=O) groups excluding carboxylic acids is 1. The van der Waals surface area contributed by atoms with Gasteiger partial charge in [-0.25, -0.2) is 0 Å². The van der Waals surface area contributed by atoms with E-state index in [4.69, 9.17) is 9.47 Å². The lowest BCUT2D eigenvalue weighted by atomic mass is 10.1. The summed E-state index contributed by atoms with van der Waals surface area (Å²) in [6, 6.07) is 15.5. The Bertz CT molecular complexity index is 1030. The van der Waals surface area contributed by atoms with Gasteiger partial charge in [0.1, 0.15) is 12.4 Å². The van der Waals surface area contributed by atoms with Crippen molar-refractivity contribution in [3.05, 3.63) is 66.4 Å². The molecule has 7 nitrogen and oxygen atoms in total. The monoisotopic (exact) mass is 438 g/mol. The van der Waals surface area contributed by atoms with E-state index in [0.29, 0.717) is 30.5 Å². The van der Waals surface area contributed by atoms with E-state index in [1.165, 1.54) is 0 Å². The highest BCUT2D eigenvalue weighted by Crippen LogP contribution is 2.34. The number of benzene rings is 2. The second-order valence-electron chi connectivity index (χ2n) is 7.66. The van der Waals surface area contributed by atoms with Crippen LogP contribution in [0.1, 0.15) is 23.2 Å². The summed E-state index contributed by atoms with van der Waals surface area (Å²) >= 11 is 0. The molecule has 32 heavy (non-hydrogen) atoms. The molecule has 0 unspecified atom stereocenters. The van der Waals surface area contributed by atoms with Gasteiger partial charge >= 0.3 is 0 Å². The molecule has 0 aliphatic carbocycles. The molecule has 1 aromatic heterocycles. The molecule has 0 atom stereocenters. The number of nitrogens with zero attached hydrogens (tertiary/aromatic N) is 3. The first-order valence-electron chi connectivity index (χ1n) is 10.7. The maximum Gasteiger partial charge on any atom is 0.286 e. The molecular weight excluding hydrogens is 411 g/mol. The highest BCUT2D eigenvalue weighted by atomic mass is 19.2. The molecule has 1 aliphatic rings. The number of aromatic nitrogens is 2. The summed E-state index contributed by atoms with van der Waals surface area (Å²) in [5, 5.41) is 7.85. The molecule has 1 N–H and O–H groups in total. The second-order valence-corrected chi connectivity index (χ2v) is 7.66. The molecule has 1 saturated heterocycles. The summed E-state index contributed by atoms with van der Waals surface area (Å²) < 4.78 is 28.1. The summed E-state index contributed by atoms with van der Waals surface area (Å²) in [5.74, 6) is -0.123. The van der Waals surface area contributed by atoms with Crippen molar-refractivity contribution >= 4 is 11.6 Å². The summed E-state index contributed by atoms with van der Waals surface area (Å²) in [6.07, 6.45) is 3.66. The lowest BCUT2D eigenvalue weighted by Gasteiger charge is -2.23. The number of nitrogens with one attached hydrogen (secondary N) is 1. The fourth-order valence-electron chi connectivity index (χ4n) is 3.74. The second kappa shape index (κ2) is 10.4. The van der Waals surface area contributed by atoms with E-state index in [2.05, 4.69) is 10.4 Å². The highest BCUT2D eigenvalue weighted by Gasteiger charge is 2.20. The van der Waals surface area contributed by atoms with Crippen molar-refractivity contribution in [2.45, 2.75) is 18.9 Å². The zero-order valence-electron chi connectivity index (χ0n) is 18.0. The van der Waals surface area contributed by atoms with Crippen molar-refractivity contribution in [3.63, 3.8) is 0 Å². The Morgan fingerprint density at radius 2 is 2.00 bits per heavy atom. The molecule has 2 aromatic carbocycles. The number of rotatable bonds is 8. The van der Waals surface area contributed by atoms with Crippen LogP contribution in [0.3, 0.4) is 0 Å². The fraction of sp³-hybridized carbons (Fsp3) is 0.333. The Labute approximate surface area is 186 Å². The SMILES string of the molecule is Cn1nccc1-c1cc(N(F)C(=O)c2ccccc2)ccc1OCCNC1CCOCC1. The van der Waals surface area contributed by atoms with E-state index < -0.39 is 5.91 Å². The molecule has 0 radical (unpaired) electrons. The first-order valence-corrected chi connectivity index (χ1v) is 10.7. The summed E-state index contributed by atoms with van der Waals surface area (Å²) in [4.78, 5) is 12.5. The third-order valence-corrected chi connectivity index (χ3v) is 5.50. The van der Waals surface area contributed by atoms with Gasteiger partial charge < -0.3 is 14.8 Å². The Balaban J connectivity index is 1.50. The predicted molar refractivity (Wildman–Crippen MR) is 120 cm³/mol. The van der Waals surface area contributed by atoms with E-state index in [0.717, 1.165) is 31.7 Å². The molecule has 4 rings (SSSR count). The quantitative estimate of drug-likeness (QED) is 0.428. The Kier molecular flexibility index (Phi) is 7.14. The van der Waals surface area contributed by atoms with Crippen LogP contribution < -0.4 is 15.2 Å². The smallest absolute Gasteiger partial charge is 0.286 e. The minimum Gasteiger partial charge on any atom is -0.492 e. The van der Waals surface area contributed by atoms with Crippen molar-refractivity contribution in [2.24, 2.45) is 7.05 Å². The van der Waals surface area contributed by atoms with Crippen LogP contribution in [0.15, 0.2) is 60.8 Å². The van der Waals surface area contributed by atoms with Gasteiger partial charge in [-0.1, -0.05) is 22.7 Å². The van der Waals surface area contributed by atoms with Crippen LogP contribution in [-0.2, 0) is 11.8 Å². The minimum absolute atomic E-state index is 0.128. The Hall–Kier alpha value is -3.23. The molecule has 0 spiro atoms. The van der Waals surface area contributed by atoms with Crippen LogP contribution in [0.25, 0.3) is 11.3 Å². The summed E-state index contributed by atoms with van der Waals surface area (Å²) in [6.45, 7) is 2.72. The normalized spacial score (nSPS) is 14.3. The van der Waals surface area contributed by atoms with Crippen molar-refractivity contribution in [2.75, 3.05) is 31.5 Å². The minimum atomic E-state index is -0.726. The standard InChI is InChI=1S/C24H27FN4O3/c1-28-22(9-12-27-28)21-17-20(29(25)24(30)18-5-3-2-4-6-18)7-8-23(21)32-16-13-26-19-10-14-31-15-11-19/h2-9,12,17,19,26H,10-11,13-16H2,1H3. The van der Waals surface area contributed by atoms with Gasteiger partial charge in [0.15, 0.2) is 0 Å². The summed E-state index contributed by atoms with van der Waals surface area (Å²) in [5.41, 5.74) is 1.83. The zero-order valence-corrected chi connectivity index (χ0v) is 18.0. The van der Waals surface area contributed by atoms with Crippen LogP contribution in [0.5, 0.6) is 5.75 Å². The molecule has 1 fully saturated rings. The lowest BCUT2D eigenvalue weighted by Crippen LogP contribution is -2.37. The zero-order chi connectivity index (χ0) is 22.3. The van der Waals surface area contributed by atoms with Crippen molar-refractivity contribution in [1.82, 2.24) is 15.1 Å². The number of carbonyl (C=O) groups is 1. The van der Waals surface area contributed by atoms with Gasteiger partial charge in [-0.3, -0.25) is 9.48 Å². The topological polar surface area (TPSA) is 68.6 Å². The molecule has 0 saturated carbocycles. The van der Waals surface area contributed by atoms with Gasteiger partial charge in [-0.2, -0.15) is 5.10 Å². The molecule has 1 amide bonds. The largest absolute Gasteiger partial charge is 0.492 e. The van der Waals surface area contributed by atoms with Crippen molar-refractivity contribution in [1.29, 1.82) is 0 Å². The number of anilines is 1.